The molecule has 0 radical (unpaired) electrons. The Hall–Kier alpha value is -2.04. The van der Waals surface area contributed by atoms with E-state index in [4.69, 9.17) is 15.6 Å². The van der Waals surface area contributed by atoms with Crippen molar-refractivity contribution in [3.63, 3.8) is 0 Å². The van der Waals surface area contributed by atoms with Gasteiger partial charge in [-0.15, -0.1) is 0 Å². The number of carbonyl (C=O) groups excluding carboxylic acids is 1. The molecule has 0 saturated heterocycles. The smallest absolute Gasteiger partial charge is 0.341 e. The van der Waals surface area contributed by atoms with Gasteiger partial charge in [0.2, 0.25) is 5.91 Å². The van der Waals surface area contributed by atoms with E-state index in [1.54, 1.807) is 31.2 Å². The molecule has 1 atom stereocenters. The number of ether oxygens (including phenoxy) is 1. The molecule has 0 aromatic heterocycles. The van der Waals surface area contributed by atoms with Crippen molar-refractivity contribution < 1.29 is 19.4 Å². The van der Waals surface area contributed by atoms with E-state index in [0.29, 0.717) is 12.2 Å². The van der Waals surface area contributed by atoms with Crippen molar-refractivity contribution in [2.75, 3.05) is 6.61 Å². The number of benzene rings is 1. The number of rotatable bonds is 6. The molecule has 0 aliphatic rings. The molecule has 1 amide bonds. The van der Waals surface area contributed by atoms with Crippen molar-refractivity contribution >= 4 is 11.9 Å². The second kappa shape index (κ2) is 5.89. The number of carbonyl (C=O) groups is 2. The zero-order chi connectivity index (χ0) is 12.8. The van der Waals surface area contributed by atoms with E-state index in [2.05, 4.69) is 0 Å². The molecule has 5 nitrogen and oxygen atoms in total. The summed E-state index contributed by atoms with van der Waals surface area (Å²) in [6, 6.07) is 6.92. The lowest BCUT2D eigenvalue weighted by Gasteiger charge is -2.08. The Morgan fingerprint density at radius 1 is 1.35 bits per heavy atom. The van der Waals surface area contributed by atoms with Gasteiger partial charge in [0.25, 0.3) is 0 Å². The molecule has 0 aliphatic carbocycles. The van der Waals surface area contributed by atoms with Crippen molar-refractivity contribution in [2.45, 2.75) is 13.3 Å². The summed E-state index contributed by atoms with van der Waals surface area (Å²) < 4.78 is 4.98. The largest absolute Gasteiger partial charge is 0.482 e. The highest BCUT2D eigenvalue weighted by atomic mass is 16.5. The average Bonchev–Trinajstić information content (AvgIpc) is 2.28. The Labute approximate surface area is 99.2 Å². The van der Waals surface area contributed by atoms with Gasteiger partial charge in [0, 0.05) is 5.92 Å². The molecule has 0 fully saturated rings. The lowest BCUT2D eigenvalue weighted by Crippen LogP contribution is -2.22. The summed E-state index contributed by atoms with van der Waals surface area (Å²) in [7, 11) is 0. The van der Waals surface area contributed by atoms with Gasteiger partial charge in [0.05, 0.1) is 0 Å². The summed E-state index contributed by atoms with van der Waals surface area (Å²) in [5.74, 6) is -1.09. The molecule has 5 heteroatoms. The summed E-state index contributed by atoms with van der Waals surface area (Å²) in [6.45, 7) is 1.40. The van der Waals surface area contributed by atoms with Crippen LogP contribution in [0.1, 0.15) is 12.5 Å². The first-order valence-corrected chi connectivity index (χ1v) is 5.22. The van der Waals surface area contributed by atoms with Gasteiger partial charge in [0.15, 0.2) is 6.61 Å². The number of carboxylic acids is 1. The molecule has 1 rings (SSSR count). The molecule has 0 saturated carbocycles. The minimum absolute atomic E-state index is 0.221. The highest BCUT2D eigenvalue weighted by molar-refractivity contribution is 5.76. The van der Waals surface area contributed by atoms with Crippen molar-refractivity contribution in [3.8, 4) is 5.75 Å². The minimum atomic E-state index is -1.02. The predicted molar refractivity (Wildman–Crippen MR) is 61.6 cm³/mol. The van der Waals surface area contributed by atoms with Crippen LogP contribution in [0.2, 0.25) is 0 Å². The highest BCUT2D eigenvalue weighted by Crippen LogP contribution is 2.14. The first kappa shape index (κ1) is 13.0. The number of aliphatic carboxylic acids is 1. The summed E-state index contributed by atoms with van der Waals surface area (Å²) in [5.41, 5.74) is 6.12. The van der Waals surface area contributed by atoms with Crippen LogP contribution in [0.3, 0.4) is 0 Å². The number of carboxylic acid groups (broad SMARTS) is 1. The van der Waals surface area contributed by atoms with Crippen LogP contribution in [0.5, 0.6) is 5.75 Å². The van der Waals surface area contributed by atoms with Gasteiger partial charge in [0.1, 0.15) is 5.75 Å². The van der Waals surface area contributed by atoms with Gasteiger partial charge >= 0.3 is 5.97 Å². The number of primary amides is 1. The summed E-state index contributed by atoms with van der Waals surface area (Å²) >= 11 is 0. The topological polar surface area (TPSA) is 89.6 Å². The van der Waals surface area contributed by atoms with Gasteiger partial charge in [-0.25, -0.2) is 4.79 Å². The van der Waals surface area contributed by atoms with Gasteiger partial charge < -0.3 is 15.6 Å². The molecule has 0 bridgehead atoms. The number of hydrogen-bond acceptors (Lipinski definition) is 3. The van der Waals surface area contributed by atoms with E-state index in [0.717, 1.165) is 5.56 Å². The Kier molecular flexibility index (Phi) is 4.51. The fourth-order valence-corrected chi connectivity index (χ4v) is 1.32. The third kappa shape index (κ3) is 4.55. The van der Waals surface area contributed by atoms with Crippen molar-refractivity contribution in [2.24, 2.45) is 11.7 Å². The van der Waals surface area contributed by atoms with Crippen LogP contribution >= 0.6 is 0 Å². The van der Waals surface area contributed by atoms with Crippen molar-refractivity contribution in [1.82, 2.24) is 0 Å². The molecule has 0 spiro atoms. The maximum absolute atomic E-state index is 10.9. The Bertz CT molecular complexity index is 399. The van der Waals surface area contributed by atoms with E-state index in [-0.39, 0.29) is 18.4 Å². The normalized spacial score (nSPS) is 11.8. The predicted octanol–water partition coefficient (Wildman–Crippen LogP) is 0.814. The zero-order valence-electron chi connectivity index (χ0n) is 9.55. The zero-order valence-corrected chi connectivity index (χ0v) is 9.55. The van der Waals surface area contributed by atoms with E-state index >= 15 is 0 Å². The SMILES string of the molecule is C[C@@H](Cc1ccc(OCC(=O)O)cc1)C(N)=O. The molecule has 92 valence electrons. The second-order valence-corrected chi connectivity index (χ2v) is 3.83. The van der Waals surface area contributed by atoms with Gasteiger partial charge in [-0.05, 0) is 24.1 Å². The Morgan fingerprint density at radius 3 is 2.41 bits per heavy atom. The maximum atomic E-state index is 10.9. The first-order valence-electron chi connectivity index (χ1n) is 5.22. The standard InChI is InChI=1S/C12H15NO4/c1-8(12(13)16)6-9-2-4-10(5-3-9)17-7-11(14)15/h2-5,8H,6-7H2,1H3,(H2,13,16)(H,14,15)/t8-/m0/s1. The van der Waals surface area contributed by atoms with Gasteiger partial charge in [-0.3, -0.25) is 4.79 Å². The van der Waals surface area contributed by atoms with Crippen LogP contribution in [0.4, 0.5) is 0 Å². The van der Waals surface area contributed by atoms with E-state index in [1.807, 2.05) is 0 Å². The summed E-state index contributed by atoms with van der Waals surface area (Å²) in [4.78, 5) is 21.2. The van der Waals surface area contributed by atoms with Gasteiger partial charge in [-0.1, -0.05) is 19.1 Å². The lowest BCUT2D eigenvalue weighted by molar-refractivity contribution is -0.139. The average molecular weight is 237 g/mol. The van der Waals surface area contributed by atoms with Crippen molar-refractivity contribution in [1.29, 1.82) is 0 Å². The van der Waals surface area contributed by atoms with Crippen LogP contribution in [0.25, 0.3) is 0 Å². The molecule has 1 aromatic carbocycles. The molecule has 0 unspecified atom stereocenters. The second-order valence-electron chi connectivity index (χ2n) is 3.83. The fourth-order valence-electron chi connectivity index (χ4n) is 1.32. The molecule has 0 aliphatic heterocycles. The molecule has 3 N–H and O–H groups in total. The van der Waals surface area contributed by atoms with Crippen LogP contribution in [-0.2, 0) is 16.0 Å². The Balaban J connectivity index is 2.55. The monoisotopic (exact) mass is 237 g/mol. The quantitative estimate of drug-likeness (QED) is 0.766. The van der Waals surface area contributed by atoms with E-state index in [1.165, 1.54) is 0 Å². The van der Waals surface area contributed by atoms with Gasteiger partial charge in [-0.2, -0.15) is 0 Å². The van der Waals surface area contributed by atoms with Crippen LogP contribution < -0.4 is 10.5 Å². The number of hydrogen-bond donors (Lipinski definition) is 2. The van der Waals surface area contributed by atoms with E-state index in [9.17, 15) is 9.59 Å². The third-order valence-electron chi connectivity index (χ3n) is 2.31. The van der Waals surface area contributed by atoms with Crippen LogP contribution in [0, 0.1) is 5.92 Å². The molecular formula is C12H15NO4. The van der Waals surface area contributed by atoms with Crippen LogP contribution in [0.15, 0.2) is 24.3 Å². The first-order chi connectivity index (χ1) is 7.99. The third-order valence-corrected chi connectivity index (χ3v) is 2.31. The molecular weight excluding hydrogens is 222 g/mol. The lowest BCUT2D eigenvalue weighted by atomic mass is 10.0. The number of amides is 1. The Morgan fingerprint density at radius 2 is 1.94 bits per heavy atom. The molecule has 0 heterocycles. The molecule has 17 heavy (non-hydrogen) atoms. The maximum Gasteiger partial charge on any atom is 0.341 e. The summed E-state index contributed by atoms with van der Waals surface area (Å²) in [6.07, 6.45) is 0.564. The van der Waals surface area contributed by atoms with Crippen LogP contribution in [-0.4, -0.2) is 23.6 Å². The minimum Gasteiger partial charge on any atom is -0.482 e. The highest BCUT2D eigenvalue weighted by Gasteiger charge is 2.09. The fraction of sp³-hybridized carbons (Fsp3) is 0.333. The molecule has 1 aromatic rings. The number of nitrogens with two attached hydrogens (primary N) is 1. The van der Waals surface area contributed by atoms with Crippen molar-refractivity contribution in [3.05, 3.63) is 29.8 Å². The summed E-state index contributed by atoms with van der Waals surface area (Å²) in [5, 5.41) is 8.43. The van der Waals surface area contributed by atoms with E-state index < -0.39 is 5.97 Å².